The number of methoxy groups -OCH3 is 2. The molecule has 0 aromatic heterocycles. The van der Waals surface area contributed by atoms with Crippen LogP contribution in [0.1, 0.15) is 12.8 Å². The molecular weight excluding hydrogens is 260 g/mol. The second-order valence-electron chi connectivity index (χ2n) is 4.60. The fourth-order valence-corrected chi connectivity index (χ4v) is 2.10. The van der Waals surface area contributed by atoms with Crippen molar-refractivity contribution in [2.24, 2.45) is 5.92 Å². The molecule has 1 aromatic carbocycles. The zero-order chi connectivity index (χ0) is 14.5. The van der Waals surface area contributed by atoms with Gasteiger partial charge in [-0.1, -0.05) is 0 Å². The minimum atomic E-state index is -0.219. The van der Waals surface area contributed by atoms with E-state index >= 15 is 0 Å². The molecule has 2 amide bonds. The summed E-state index contributed by atoms with van der Waals surface area (Å²) < 4.78 is 10.3. The molecule has 1 fully saturated rings. The van der Waals surface area contributed by atoms with Gasteiger partial charge in [0.15, 0.2) is 0 Å². The molecule has 0 saturated carbocycles. The van der Waals surface area contributed by atoms with Crippen LogP contribution >= 0.6 is 0 Å². The van der Waals surface area contributed by atoms with Gasteiger partial charge in [-0.05, 0) is 18.6 Å². The van der Waals surface area contributed by atoms with E-state index in [1.54, 1.807) is 25.3 Å². The average Bonchev–Trinajstić information content (AvgIpc) is 2.47. The Labute approximate surface area is 117 Å². The Hall–Kier alpha value is -2.24. The van der Waals surface area contributed by atoms with E-state index < -0.39 is 0 Å². The highest BCUT2D eigenvalue weighted by atomic mass is 16.5. The first-order chi connectivity index (χ1) is 9.63. The van der Waals surface area contributed by atoms with E-state index in [-0.39, 0.29) is 17.7 Å². The number of amides is 2. The van der Waals surface area contributed by atoms with Gasteiger partial charge in [-0.3, -0.25) is 9.59 Å². The zero-order valence-electron chi connectivity index (χ0n) is 11.6. The maximum Gasteiger partial charge on any atom is 0.229 e. The third kappa shape index (κ3) is 3.20. The maximum absolute atomic E-state index is 12.2. The Morgan fingerprint density at radius 3 is 2.75 bits per heavy atom. The van der Waals surface area contributed by atoms with Gasteiger partial charge in [0.05, 0.1) is 25.8 Å². The fraction of sp³-hybridized carbons (Fsp3) is 0.429. The molecule has 1 aliphatic rings. The van der Waals surface area contributed by atoms with Gasteiger partial charge in [0.2, 0.25) is 11.8 Å². The molecule has 20 heavy (non-hydrogen) atoms. The zero-order valence-corrected chi connectivity index (χ0v) is 11.6. The molecule has 0 radical (unpaired) electrons. The number of carbonyl (C=O) groups excluding carboxylic acids is 2. The third-order valence-electron chi connectivity index (χ3n) is 3.30. The minimum Gasteiger partial charge on any atom is -0.497 e. The number of hydrogen-bond acceptors (Lipinski definition) is 4. The van der Waals surface area contributed by atoms with Crippen LogP contribution in [0.3, 0.4) is 0 Å². The van der Waals surface area contributed by atoms with Crippen LogP contribution in [-0.4, -0.2) is 32.6 Å². The SMILES string of the molecule is COc1ccc(OC)c(NC(=O)C2CCC(=O)NC2)c1. The molecule has 6 heteroatoms. The molecule has 1 unspecified atom stereocenters. The van der Waals surface area contributed by atoms with Gasteiger partial charge in [0.25, 0.3) is 0 Å². The van der Waals surface area contributed by atoms with Crippen LogP contribution in [-0.2, 0) is 9.59 Å². The molecule has 1 heterocycles. The van der Waals surface area contributed by atoms with Gasteiger partial charge in [0.1, 0.15) is 11.5 Å². The molecule has 0 spiro atoms. The van der Waals surface area contributed by atoms with Crippen molar-refractivity contribution in [2.45, 2.75) is 12.8 Å². The van der Waals surface area contributed by atoms with E-state index in [0.29, 0.717) is 36.6 Å². The molecule has 6 nitrogen and oxygen atoms in total. The van der Waals surface area contributed by atoms with Crippen molar-refractivity contribution in [3.63, 3.8) is 0 Å². The first-order valence-corrected chi connectivity index (χ1v) is 6.43. The number of anilines is 1. The van der Waals surface area contributed by atoms with Gasteiger partial charge < -0.3 is 20.1 Å². The monoisotopic (exact) mass is 278 g/mol. The third-order valence-corrected chi connectivity index (χ3v) is 3.30. The fourth-order valence-electron chi connectivity index (χ4n) is 2.10. The lowest BCUT2D eigenvalue weighted by Gasteiger charge is -2.22. The number of carbonyl (C=O) groups is 2. The standard InChI is InChI=1S/C14H18N2O4/c1-19-10-4-5-12(20-2)11(7-10)16-14(18)9-3-6-13(17)15-8-9/h4-5,7,9H,3,6,8H2,1-2H3,(H,15,17)(H,16,18). The van der Waals surface area contributed by atoms with Gasteiger partial charge in [0, 0.05) is 19.0 Å². The molecule has 0 bridgehead atoms. The number of rotatable bonds is 4. The molecule has 108 valence electrons. The first-order valence-electron chi connectivity index (χ1n) is 6.43. The summed E-state index contributed by atoms with van der Waals surface area (Å²) in [4.78, 5) is 23.3. The second-order valence-corrected chi connectivity index (χ2v) is 4.60. The summed E-state index contributed by atoms with van der Waals surface area (Å²) >= 11 is 0. The lowest BCUT2D eigenvalue weighted by atomic mass is 9.98. The van der Waals surface area contributed by atoms with E-state index in [0.717, 1.165) is 0 Å². The van der Waals surface area contributed by atoms with Gasteiger partial charge in [-0.15, -0.1) is 0 Å². The van der Waals surface area contributed by atoms with E-state index in [2.05, 4.69) is 10.6 Å². The molecule has 2 rings (SSSR count). The highest BCUT2D eigenvalue weighted by molar-refractivity contribution is 5.95. The first kappa shape index (κ1) is 14.2. The van der Waals surface area contributed by atoms with Crippen LogP contribution in [0.2, 0.25) is 0 Å². The molecule has 1 aliphatic heterocycles. The quantitative estimate of drug-likeness (QED) is 0.866. The van der Waals surface area contributed by atoms with Crippen molar-refractivity contribution >= 4 is 17.5 Å². The molecule has 0 aliphatic carbocycles. The summed E-state index contributed by atoms with van der Waals surface area (Å²) in [5.74, 6) is 0.852. The van der Waals surface area contributed by atoms with E-state index in [9.17, 15) is 9.59 Å². The van der Waals surface area contributed by atoms with Crippen LogP contribution in [0.25, 0.3) is 0 Å². The summed E-state index contributed by atoms with van der Waals surface area (Å²) in [5, 5.41) is 5.52. The topological polar surface area (TPSA) is 76.7 Å². The van der Waals surface area contributed by atoms with E-state index in [1.165, 1.54) is 7.11 Å². The summed E-state index contributed by atoms with van der Waals surface area (Å²) in [5.41, 5.74) is 0.564. The van der Waals surface area contributed by atoms with Gasteiger partial charge in [-0.2, -0.15) is 0 Å². The summed E-state index contributed by atoms with van der Waals surface area (Å²) in [7, 11) is 3.10. The molecular formula is C14H18N2O4. The normalized spacial score (nSPS) is 18.1. The van der Waals surface area contributed by atoms with Crippen molar-refractivity contribution in [1.29, 1.82) is 0 Å². The van der Waals surface area contributed by atoms with Crippen LogP contribution in [0.4, 0.5) is 5.69 Å². The second kappa shape index (κ2) is 6.27. The van der Waals surface area contributed by atoms with E-state index in [1.807, 2.05) is 0 Å². The van der Waals surface area contributed by atoms with Crippen molar-refractivity contribution in [3.05, 3.63) is 18.2 Å². The van der Waals surface area contributed by atoms with Crippen LogP contribution in [0.5, 0.6) is 11.5 Å². The Morgan fingerprint density at radius 1 is 1.35 bits per heavy atom. The highest BCUT2D eigenvalue weighted by Gasteiger charge is 2.25. The lowest BCUT2D eigenvalue weighted by molar-refractivity contribution is -0.126. The largest absolute Gasteiger partial charge is 0.497 e. The molecule has 1 saturated heterocycles. The highest BCUT2D eigenvalue weighted by Crippen LogP contribution is 2.29. The van der Waals surface area contributed by atoms with Crippen molar-refractivity contribution in [3.8, 4) is 11.5 Å². The van der Waals surface area contributed by atoms with Crippen LogP contribution < -0.4 is 20.1 Å². The molecule has 2 N–H and O–H groups in total. The lowest BCUT2D eigenvalue weighted by Crippen LogP contribution is -2.40. The van der Waals surface area contributed by atoms with Crippen molar-refractivity contribution < 1.29 is 19.1 Å². The predicted molar refractivity (Wildman–Crippen MR) is 73.9 cm³/mol. The summed E-state index contributed by atoms with van der Waals surface area (Å²) in [6.45, 7) is 0.372. The Balaban J connectivity index is 2.08. The van der Waals surface area contributed by atoms with Crippen LogP contribution in [0.15, 0.2) is 18.2 Å². The predicted octanol–water partition coefficient (Wildman–Crippen LogP) is 1.17. The van der Waals surface area contributed by atoms with Gasteiger partial charge in [-0.25, -0.2) is 0 Å². The average molecular weight is 278 g/mol. The summed E-state index contributed by atoms with van der Waals surface area (Å²) in [6.07, 6.45) is 0.942. The minimum absolute atomic E-state index is 0.00647. The number of ether oxygens (including phenoxy) is 2. The van der Waals surface area contributed by atoms with Gasteiger partial charge >= 0.3 is 0 Å². The number of benzene rings is 1. The Bertz CT molecular complexity index is 506. The Kier molecular flexibility index (Phi) is 4.45. The molecule has 1 atom stereocenters. The Morgan fingerprint density at radius 2 is 2.15 bits per heavy atom. The van der Waals surface area contributed by atoms with Crippen molar-refractivity contribution in [1.82, 2.24) is 5.32 Å². The number of nitrogens with one attached hydrogen (secondary N) is 2. The summed E-state index contributed by atoms with van der Waals surface area (Å²) in [6, 6.07) is 5.20. The number of hydrogen-bond donors (Lipinski definition) is 2. The maximum atomic E-state index is 12.2. The van der Waals surface area contributed by atoms with Crippen molar-refractivity contribution in [2.75, 3.05) is 26.1 Å². The molecule has 1 aromatic rings. The van der Waals surface area contributed by atoms with E-state index in [4.69, 9.17) is 9.47 Å². The van der Waals surface area contributed by atoms with Crippen LogP contribution in [0, 0.1) is 5.92 Å². The smallest absolute Gasteiger partial charge is 0.229 e. The number of piperidine rings is 1.